The van der Waals surface area contributed by atoms with E-state index in [1.807, 2.05) is 27.7 Å². The summed E-state index contributed by atoms with van der Waals surface area (Å²) in [4.78, 5) is 77.5. The van der Waals surface area contributed by atoms with E-state index in [0.717, 1.165) is 0 Å². The van der Waals surface area contributed by atoms with Gasteiger partial charge in [0.25, 0.3) is 0 Å². The van der Waals surface area contributed by atoms with Crippen molar-refractivity contribution in [1.29, 1.82) is 0 Å². The summed E-state index contributed by atoms with van der Waals surface area (Å²) in [6.45, 7) is 20.3. The number of rotatable bonds is 27. The zero-order chi connectivity index (χ0) is 42.8. The number of aliphatic hydroxyl groups is 2. The smallest absolute Gasteiger partial charge is 0.305 e. The van der Waals surface area contributed by atoms with Gasteiger partial charge in [0.05, 0.1) is 24.9 Å². The molecule has 0 bridgehead atoms. The average molecular weight is 1250 g/mol. The summed E-state index contributed by atoms with van der Waals surface area (Å²) in [5, 5.41) is 20.3. The minimum absolute atomic E-state index is 0. The molecule has 2 N–H and O–H groups in total. The number of hydrogen-bond donors (Lipinski definition) is 2. The second-order valence-corrected chi connectivity index (χ2v) is 16.2. The van der Waals surface area contributed by atoms with E-state index in [1.54, 1.807) is 34.3 Å². The largest absolute Gasteiger partial charge is 0.548 e. The number of Topliss-reactive ketones (excluding diaryl/α,β-unsaturated/α-hetero) is 4. The van der Waals surface area contributed by atoms with Gasteiger partial charge < -0.3 is 40.8 Å². The Morgan fingerprint density at radius 2 is 1.02 bits per heavy atom. The third kappa shape index (κ3) is 25.7. The molecule has 18 heteroatoms. The van der Waals surface area contributed by atoms with Crippen LogP contribution in [0.4, 0.5) is 0 Å². The molecule has 2 saturated heterocycles. The molecule has 13 nitrogen and oxygen atoms in total. The molecule has 0 amide bonds. The van der Waals surface area contributed by atoms with Crippen LogP contribution < -0.4 is 0 Å². The second-order valence-electron chi connectivity index (χ2n) is 16.2. The Morgan fingerprint density at radius 3 is 1.45 bits per heavy atom. The van der Waals surface area contributed by atoms with Crippen LogP contribution in [-0.4, -0.2) is 94.8 Å². The van der Waals surface area contributed by atoms with Crippen molar-refractivity contribution < 1.29 is 226 Å². The van der Waals surface area contributed by atoms with Crippen molar-refractivity contribution in [2.75, 3.05) is 6.61 Å². The van der Waals surface area contributed by atoms with E-state index in [0.29, 0.717) is 25.7 Å². The third-order valence-electron chi connectivity index (χ3n) is 11.9. The molecule has 0 spiro atoms. The molecule has 0 aromatic carbocycles. The first-order valence-corrected chi connectivity index (χ1v) is 21.4. The zero-order valence-electron chi connectivity index (χ0n) is 38.7. The normalized spacial score (nSPS) is 26.1. The Labute approximate surface area is 497 Å². The molecular formula is C44H72O13Y5-2. The Hall–Kier alpha value is 2.94. The minimum atomic E-state index is -0.964. The van der Waals surface area contributed by atoms with E-state index in [4.69, 9.17) is 23.7 Å². The molecule has 2 fully saturated rings. The molecule has 0 aliphatic carbocycles. The second kappa shape index (κ2) is 38.7. The van der Waals surface area contributed by atoms with Crippen LogP contribution >= 0.6 is 0 Å². The molecule has 2 heterocycles. The number of ether oxygens (including phenoxy) is 5. The van der Waals surface area contributed by atoms with Crippen molar-refractivity contribution in [2.24, 2.45) is 35.5 Å². The zero-order valence-corrected chi connectivity index (χ0v) is 52.9. The number of esters is 2. The van der Waals surface area contributed by atoms with Crippen molar-refractivity contribution in [1.82, 2.24) is 0 Å². The van der Waals surface area contributed by atoms with Crippen LogP contribution in [0.2, 0.25) is 0 Å². The van der Waals surface area contributed by atoms with Gasteiger partial charge in [0, 0.05) is 227 Å². The molecule has 0 aromatic rings. The summed E-state index contributed by atoms with van der Waals surface area (Å²) < 4.78 is 30.0. The van der Waals surface area contributed by atoms with Gasteiger partial charge in [-0.15, -0.1) is 5.92 Å². The van der Waals surface area contributed by atoms with E-state index < -0.39 is 60.7 Å². The molecular weight excluding hydrogens is 1180 g/mol. The van der Waals surface area contributed by atoms with Gasteiger partial charge in [-0.2, -0.15) is 0 Å². The molecule has 5 radical (unpaired) electrons. The van der Waals surface area contributed by atoms with Gasteiger partial charge in [0.2, 0.25) is 0 Å². The monoisotopic (exact) mass is 1250 g/mol. The Balaban J connectivity index is -0.00000336. The fraction of sp³-hybridized carbons (Fsp3) is 0.818. The van der Waals surface area contributed by atoms with Crippen LogP contribution in [-0.2, 0) is 216 Å². The van der Waals surface area contributed by atoms with Gasteiger partial charge in [-0.05, 0) is 49.9 Å². The molecule has 343 valence electrons. The van der Waals surface area contributed by atoms with Crippen LogP contribution in [0.15, 0.2) is 0 Å². The summed E-state index contributed by atoms with van der Waals surface area (Å²) in [5.74, 6) is -3.54. The predicted molar refractivity (Wildman–Crippen MR) is 212 cm³/mol. The minimum Gasteiger partial charge on any atom is -0.548 e. The van der Waals surface area contributed by atoms with E-state index in [-0.39, 0.29) is 287 Å². The molecule has 62 heavy (non-hydrogen) atoms. The maximum absolute atomic E-state index is 13.7. The first-order valence-electron chi connectivity index (χ1n) is 21.4. The van der Waals surface area contributed by atoms with Gasteiger partial charge in [-0.1, -0.05) is 67.4 Å². The van der Waals surface area contributed by atoms with Crippen LogP contribution in [0.1, 0.15) is 145 Å². The maximum Gasteiger partial charge on any atom is 0.305 e. The molecule has 2 aliphatic heterocycles. The Morgan fingerprint density at radius 1 is 0.597 bits per heavy atom. The summed E-state index contributed by atoms with van der Waals surface area (Å²) >= 11 is 0. The Bertz CT molecular complexity index is 1310. The van der Waals surface area contributed by atoms with Crippen LogP contribution in [0.5, 0.6) is 0 Å². The summed E-state index contributed by atoms with van der Waals surface area (Å²) in [6, 6.07) is 0. The molecule has 0 saturated carbocycles. The molecule has 13 atom stereocenters. The molecule has 13 unspecified atom stereocenters. The topological polar surface area (TPSA) is 189 Å². The van der Waals surface area contributed by atoms with E-state index in [2.05, 4.69) is 6.92 Å². The number of aliphatic hydroxyl groups excluding tert-OH is 2. The molecule has 0 aromatic heterocycles. The summed E-state index contributed by atoms with van der Waals surface area (Å²) in [7, 11) is 0. The molecule has 2 rings (SSSR count). The quantitative estimate of drug-likeness (QED) is 0.0695. The van der Waals surface area contributed by atoms with Crippen molar-refractivity contribution >= 4 is 35.1 Å². The van der Waals surface area contributed by atoms with E-state index in [9.17, 15) is 39.0 Å². The van der Waals surface area contributed by atoms with Crippen molar-refractivity contribution in [3.63, 3.8) is 0 Å². The first kappa shape index (κ1) is 71.5. The van der Waals surface area contributed by atoms with Gasteiger partial charge in [0.1, 0.15) is 35.3 Å². The third-order valence-corrected chi connectivity index (χ3v) is 11.9. The van der Waals surface area contributed by atoms with Crippen molar-refractivity contribution in [2.45, 2.75) is 188 Å². The van der Waals surface area contributed by atoms with Crippen molar-refractivity contribution in [3.05, 3.63) is 13.5 Å². The molecule has 2 aliphatic rings. The van der Waals surface area contributed by atoms with Crippen molar-refractivity contribution in [3.8, 4) is 0 Å². The van der Waals surface area contributed by atoms with E-state index >= 15 is 0 Å². The first-order chi connectivity index (χ1) is 27.0. The Kier molecular flexibility index (Phi) is 44.6. The number of carbonyl (C=O) groups excluding carboxylic acids is 6. The van der Waals surface area contributed by atoms with Crippen LogP contribution in [0, 0.1) is 49.0 Å². The fourth-order valence-corrected chi connectivity index (χ4v) is 7.81. The van der Waals surface area contributed by atoms with Crippen LogP contribution in [0.3, 0.4) is 0 Å². The van der Waals surface area contributed by atoms with Crippen LogP contribution in [0.25, 0.3) is 0 Å². The SMILES string of the molecule is [CH2-]C1OC(OCC2O[CH-]C(CC(=O)CC(O)CC)C(CC(=O)CC(O)CC)C2C)C(CC(=O)CC(CC)OC(=O)CC)C(CC(=O)CC(CC)OC(=O)CC)C1C.[Y].[Y].[Y].[Y].[Y]. The number of carbonyl (C=O) groups is 6. The van der Waals surface area contributed by atoms with Gasteiger partial charge in [0.15, 0.2) is 6.29 Å². The van der Waals surface area contributed by atoms with Gasteiger partial charge in [-0.25, -0.2) is 6.61 Å². The van der Waals surface area contributed by atoms with Gasteiger partial charge in [-0.3, -0.25) is 28.8 Å². The van der Waals surface area contributed by atoms with E-state index in [1.165, 1.54) is 0 Å². The fourth-order valence-electron chi connectivity index (χ4n) is 7.81. The average Bonchev–Trinajstić information content (AvgIpc) is 3.17. The number of hydrogen-bond acceptors (Lipinski definition) is 13. The number of ketones is 4. The summed E-state index contributed by atoms with van der Waals surface area (Å²) in [6.07, 6.45) is -2.29. The summed E-state index contributed by atoms with van der Waals surface area (Å²) in [5.41, 5.74) is 0. The van der Waals surface area contributed by atoms with Gasteiger partial charge >= 0.3 is 11.9 Å². The standard InChI is InChI=1S/C44H72O13.5Y/c1-10-30(45)17-32(47)16-29-24-53-41(27(8)38(29)21-33(48)18-31(46)11-2)25-54-44-40(23-35(50)20-37(13-4)57-43(52)15-6)39(26(7)28(9)55-44)22-34(49)19-36(12-3)56-42(51)14-5;;;;;/h24,26-31,36-41,44-46H,9-23,25H2,1-8H3;;;;;/q-2;;;;;. The predicted octanol–water partition coefficient (Wildman–Crippen LogP) is 6.25. The maximum atomic E-state index is 13.7.